The molecule has 6 nitrogen and oxygen atoms in total. The predicted molar refractivity (Wildman–Crippen MR) is 138 cm³/mol. The van der Waals surface area contributed by atoms with Gasteiger partial charge in [-0.15, -0.1) is 0 Å². The van der Waals surface area contributed by atoms with Crippen molar-refractivity contribution in [1.29, 1.82) is 0 Å². The fourth-order valence-corrected chi connectivity index (χ4v) is 4.15. The molecule has 0 bridgehead atoms. The Morgan fingerprint density at radius 1 is 1.03 bits per heavy atom. The average Bonchev–Trinajstić information content (AvgIpc) is 2.84. The number of rotatable bonds is 7. The molecule has 3 aromatic carbocycles. The number of anilines is 2. The Labute approximate surface area is 203 Å². The van der Waals surface area contributed by atoms with Gasteiger partial charge >= 0.3 is 0 Å². The molecule has 1 atom stereocenters. The van der Waals surface area contributed by atoms with Crippen LogP contribution in [0.25, 0.3) is 10.9 Å². The maximum Gasteiger partial charge on any atom is 0.265 e. The highest BCUT2D eigenvalue weighted by molar-refractivity contribution is 6.30. The second-order valence-electron chi connectivity index (χ2n) is 8.42. The van der Waals surface area contributed by atoms with Gasteiger partial charge in [0.1, 0.15) is 11.3 Å². The number of fused-ring (bicyclic) bond motifs is 1. The van der Waals surface area contributed by atoms with Gasteiger partial charge < -0.3 is 19.9 Å². The zero-order chi connectivity index (χ0) is 24.4. The van der Waals surface area contributed by atoms with E-state index in [1.165, 1.54) is 4.57 Å². The third-order valence-electron chi connectivity index (χ3n) is 5.94. The number of halogens is 1. The zero-order valence-electron chi connectivity index (χ0n) is 19.2. The summed E-state index contributed by atoms with van der Waals surface area (Å²) in [5.41, 5.74) is 2.54. The van der Waals surface area contributed by atoms with Crippen molar-refractivity contribution < 1.29 is 9.90 Å². The molecule has 0 radical (unpaired) electrons. The topological polar surface area (TPSA) is 74.6 Å². The van der Waals surface area contributed by atoms with E-state index >= 15 is 0 Å². The van der Waals surface area contributed by atoms with Crippen LogP contribution in [-0.4, -0.2) is 29.6 Å². The van der Waals surface area contributed by atoms with Gasteiger partial charge in [-0.25, -0.2) is 0 Å². The molecule has 0 saturated carbocycles. The third kappa shape index (κ3) is 4.63. The number of hydrogen-bond acceptors (Lipinski definition) is 5. The average molecular weight is 476 g/mol. The molecule has 2 N–H and O–H groups in total. The van der Waals surface area contributed by atoms with Crippen LogP contribution in [0, 0.1) is 0 Å². The van der Waals surface area contributed by atoms with Crippen molar-refractivity contribution in [3.8, 4) is 5.75 Å². The lowest BCUT2D eigenvalue weighted by molar-refractivity contribution is 0.0972. The van der Waals surface area contributed by atoms with Gasteiger partial charge in [0, 0.05) is 49.3 Å². The van der Waals surface area contributed by atoms with Crippen molar-refractivity contribution in [1.82, 2.24) is 4.57 Å². The number of nitrogens with one attached hydrogen (secondary N) is 1. The Kier molecular flexibility index (Phi) is 6.61. The second kappa shape index (κ2) is 9.61. The number of benzene rings is 3. The molecule has 0 spiro atoms. The molecule has 34 heavy (non-hydrogen) atoms. The summed E-state index contributed by atoms with van der Waals surface area (Å²) in [6.07, 6.45) is -0.0227. The van der Waals surface area contributed by atoms with Crippen LogP contribution < -0.4 is 15.8 Å². The van der Waals surface area contributed by atoms with E-state index in [9.17, 15) is 14.7 Å². The smallest absolute Gasteiger partial charge is 0.265 e. The van der Waals surface area contributed by atoms with E-state index in [1.54, 1.807) is 43.4 Å². The quantitative estimate of drug-likeness (QED) is 0.350. The van der Waals surface area contributed by atoms with Crippen LogP contribution in [0.3, 0.4) is 0 Å². The molecule has 0 amide bonds. The van der Waals surface area contributed by atoms with Gasteiger partial charge in [0.25, 0.3) is 5.56 Å². The maximum atomic E-state index is 13.4. The van der Waals surface area contributed by atoms with Gasteiger partial charge in [0.15, 0.2) is 5.78 Å². The van der Waals surface area contributed by atoms with E-state index < -0.39 is 17.4 Å². The van der Waals surface area contributed by atoms with Crippen LogP contribution in [-0.2, 0) is 7.05 Å². The Morgan fingerprint density at radius 2 is 1.68 bits per heavy atom. The molecule has 1 aromatic heterocycles. The van der Waals surface area contributed by atoms with Crippen molar-refractivity contribution in [2.75, 3.05) is 24.3 Å². The highest BCUT2D eigenvalue weighted by Gasteiger charge is 2.25. The summed E-state index contributed by atoms with van der Waals surface area (Å²) in [5, 5.41) is 15.3. The van der Waals surface area contributed by atoms with Crippen molar-refractivity contribution in [3.63, 3.8) is 0 Å². The number of carbonyl (C=O) groups excluding carboxylic acids is 1. The van der Waals surface area contributed by atoms with Gasteiger partial charge in [-0.3, -0.25) is 9.59 Å². The summed E-state index contributed by atoms with van der Waals surface area (Å²) in [6, 6.07) is 21.6. The first-order chi connectivity index (χ1) is 16.3. The minimum Gasteiger partial charge on any atom is -0.506 e. The highest BCUT2D eigenvalue weighted by Crippen LogP contribution is 2.30. The summed E-state index contributed by atoms with van der Waals surface area (Å²) >= 11 is 6.02. The Hall–Kier alpha value is -3.77. The minimum atomic E-state index is -0.519. The largest absolute Gasteiger partial charge is 0.506 e. The van der Waals surface area contributed by atoms with Crippen LogP contribution in [0.1, 0.15) is 28.4 Å². The number of hydrogen-bond donors (Lipinski definition) is 2. The number of ketones is 1. The standard InChI is InChI=1S/C27H26ClN3O3/c1-30(2)20-14-8-17(9-15-20)22(29-19-12-10-18(28)11-13-19)16-24(32)25-26(33)21-6-4-5-7-23(21)31(3)27(25)34/h4-15,22,29,33H,16H2,1-3H3/t22-/m0/s1. The molecule has 0 aliphatic rings. The summed E-state index contributed by atoms with van der Waals surface area (Å²) in [7, 11) is 5.52. The van der Waals surface area contributed by atoms with Gasteiger partial charge in [0.2, 0.25) is 0 Å². The molecule has 0 unspecified atom stereocenters. The molecule has 7 heteroatoms. The number of aryl methyl sites for hydroxylation is 1. The first-order valence-electron chi connectivity index (χ1n) is 10.9. The molecule has 4 aromatic rings. The third-order valence-corrected chi connectivity index (χ3v) is 6.19. The SMILES string of the molecule is CN(C)c1ccc([C@H](CC(=O)c2c(O)c3ccccc3n(C)c2=O)Nc2ccc(Cl)cc2)cc1. The van der Waals surface area contributed by atoms with Crippen molar-refractivity contribution >= 4 is 39.7 Å². The van der Waals surface area contributed by atoms with Gasteiger partial charge in [0.05, 0.1) is 11.6 Å². The van der Waals surface area contributed by atoms with E-state index in [0.29, 0.717) is 15.9 Å². The van der Waals surface area contributed by atoms with Gasteiger partial charge in [-0.1, -0.05) is 35.9 Å². The van der Waals surface area contributed by atoms with E-state index in [4.69, 9.17) is 11.6 Å². The maximum absolute atomic E-state index is 13.4. The Morgan fingerprint density at radius 3 is 2.32 bits per heavy atom. The molecule has 174 valence electrons. The predicted octanol–water partition coefficient (Wildman–Crippen LogP) is 5.39. The van der Waals surface area contributed by atoms with Crippen molar-refractivity contribution in [2.24, 2.45) is 7.05 Å². The second-order valence-corrected chi connectivity index (χ2v) is 8.86. The van der Waals surface area contributed by atoms with Crippen LogP contribution in [0.4, 0.5) is 11.4 Å². The fourth-order valence-electron chi connectivity index (χ4n) is 4.02. The normalized spacial score (nSPS) is 11.9. The van der Waals surface area contributed by atoms with E-state index in [0.717, 1.165) is 16.9 Å². The molecule has 0 aliphatic carbocycles. The lowest BCUT2D eigenvalue weighted by atomic mass is 9.96. The first-order valence-corrected chi connectivity index (χ1v) is 11.3. The summed E-state index contributed by atoms with van der Waals surface area (Å²) in [6.45, 7) is 0. The minimum absolute atomic E-state index is 0.0227. The van der Waals surface area contributed by atoms with Crippen LogP contribution in [0.15, 0.2) is 77.6 Å². The molecule has 0 saturated heterocycles. The Balaban J connectivity index is 1.73. The number of Topliss-reactive ketones (excluding diaryl/α,β-unsaturated/α-hetero) is 1. The first kappa shape index (κ1) is 23.4. The number of aromatic hydroxyl groups is 1. The lowest BCUT2D eigenvalue weighted by Crippen LogP contribution is -2.26. The number of carbonyl (C=O) groups is 1. The van der Waals surface area contributed by atoms with Crippen LogP contribution >= 0.6 is 11.6 Å². The number of pyridine rings is 1. The molecule has 0 fully saturated rings. The van der Waals surface area contributed by atoms with Crippen LogP contribution in [0.2, 0.25) is 5.02 Å². The van der Waals surface area contributed by atoms with Crippen molar-refractivity contribution in [2.45, 2.75) is 12.5 Å². The molecular weight excluding hydrogens is 450 g/mol. The molecule has 1 heterocycles. The van der Waals surface area contributed by atoms with E-state index in [1.807, 2.05) is 55.4 Å². The molecule has 4 rings (SSSR count). The number of para-hydroxylation sites is 1. The molecule has 0 aliphatic heterocycles. The van der Waals surface area contributed by atoms with Crippen LogP contribution in [0.5, 0.6) is 5.75 Å². The summed E-state index contributed by atoms with van der Waals surface area (Å²) in [5.74, 6) is -0.719. The fraction of sp³-hybridized carbons (Fsp3) is 0.185. The van der Waals surface area contributed by atoms with E-state index in [2.05, 4.69) is 5.32 Å². The lowest BCUT2D eigenvalue weighted by Gasteiger charge is -2.22. The monoisotopic (exact) mass is 475 g/mol. The Bertz CT molecular complexity index is 1390. The number of aromatic nitrogens is 1. The number of nitrogens with zero attached hydrogens (tertiary/aromatic N) is 2. The summed E-state index contributed by atoms with van der Waals surface area (Å²) < 4.78 is 1.40. The van der Waals surface area contributed by atoms with Crippen molar-refractivity contribution in [3.05, 3.63) is 99.3 Å². The zero-order valence-corrected chi connectivity index (χ0v) is 20.0. The summed E-state index contributed by atoms with van der Waals surface area (Å²) in [4.78, 5) is 28.5. The van der Waals surface area contributed by atoms with E-state index in [-0.39, 0.29) is 17.7 Å². The van der Waals surface area contributed by atoms with Gasteiger partial charge in [-0.05, 0) is 54.1 Å². The molecular formula is C27H26ClN3O3. The highest BCUT2D eigenvalue weighted by atomic mass is 35.5. The van der Waals surface area contributed by atoms with Gasteiger partial charge in [-0.2, -0.15) is 0 Å².